The minimum Gasteiger partial charge on any atom is -0.382 e. The smallest absolute Gasteiger partial charge is 0.167 e. The molecular formula is C17H23N7. The number of nitrogen functional groups attached to an aromatic ring is 1. The average Bonchev–Trinajstić information content (AvgIpc) is 3.10. The van der Waals surface area contributed by atoms with Crippen LogP contribution in [0.2, 0.25) is 0 Å². The van der Waals surface area contributed by atoms with Crippen LogP contribution < -0.4 is 5.73 Å². The molecule has 3 heterocycles. The Morgan fingerprint density at radius 3 is 2.54 bits per heavy atom. The molecule has 0 spiro atoms. The van der Waals surface area contributed by atoms with Crippen molar-refractivity contribution in [3.8, 4) is 11.4 Å². The number of imidazole rings is 1. The van der Waals surface area contributed by atoms with Crippen LogP contribution in [0.1, 0.15) is 49.5 Å². The molecule has 24 heavy (non-hydrogen) atoms. The van der Waals surface area contributed by atoms with Crippen molar-refractivity contribution in [2.75, 3.05) is 5.73 Å². The highest BCUT2D eigenvalue weighted by Gasteiger charge is 2.22. The van der Waals surface area contributed by atoms with Crippen LogP contribution in [0.3, 0.4) is 0 Å². The van der Waals surface area contributed by atoms with E-state index in [-0.39, 0.29) is 0 Å². The van der Waals surface area contributed by atoms with Gasteiger partial charge in [-0.05, 0) is 26.7 Å². The van der Waals surface area contributed by atoms with Gasteiger partial charge in [0.05, 0.1) is 17.6 Å². The van der Waals surface area contributed by atoms with E-state index in [0.29, 0.717) is 23.2 Å². The Bertz CT molecular complexity index is 899. The summed E-state index contributed by atoms with van der Waals surface area (Å²) in [5, 5.41) is 4.47. The highest BCUT2D eigenvalue weighted by Crippen LogP contribution is 2.32. The van der Waals surface area contributed by atoms with Gasteiger partial charge in [-0.3, -0.25) is 4.68 Å². The standard InChI is InChI=1S/C17H23N7/c1-10-13(11(2)23(3)22-10)16-20-15(18)14-17(21-16)24(9-19-14)12-7-5-4-6-8-12/h9,12H,4-8H2,1-3H3,(H2,18,20,21). The predicted molar refractivity (Wildman–Crippen MR) is 93.5 cm³/mol. The Kier molecular flexibility index (Phi) is 3.51. The molecule has 0 saturated heterocycles. The molecule has 4 rings (SSSR count). The van der Waals surface area contributed by atoms with E-state index in [1.165, 1.54) is 32.1 Å². The molecule has 0 aliphatic heterocycles. The molecule has 126 valence electrons. The fourth-order valence-electron chi connectivity index (χ4n) is 3.77. The molecule has 7 nitrogen and oxygen atoms in total. The lowest BCUT2D eigenvalue weighted by Crippen LogP contribution is -2.12. The summed E-state index contributed by atoms with van der Waals surface area (Å²) in [5.74, 6) is 1.08. The zero-order valence-electron chi connectivity index (χ0n) is 14.5. The van der Waals surface area contributed by atoms with Crippen molar-refractivity contribution in [1.29, 1.82) is 0 Å². The zero-order valence-corrected chi connectivity index (χ0v) is 14.5. The van der Waals surface area contributed by atoms with E-state index in [9.17, 15) is 0 Å². The van der Waals surface area contributed by atoms with Crippen LogP contribution in [0.5, 0.6) is 0 Å². The number of hydrogen-bond donors (Lipinski definition) is 1. The molecule has 0 amide bonds. The summed E-state index contributed by atoms with van der Waals surface area (Å²) in [4.78, 5) is 13.8. The first kappa shape index (κ1) is 15.1. The van der Waals surface area contributed by atoms with Crippen LogP contribution >= 0.6 is 0 Å². The molecule has 1 saturated carbocycles. The SMILES string of the molecule is Cc1nn(C)c(C)c1-c1nc(N)c2ncn(C3CCCCC3)c2n1. The van der Waals surface area contributed by atoms with Crippen LogP contribution in [0, 0.1) is 13.8 Å². The molecule has 1 aliphatic rings. The average molecular weight is 325 g/mol. The quantitative estimate of drug-likeness (QED) is 0.782. The molecule has 0 atom stereocenters. The number of aromatic nitrogens is 6. The first-order valence-electron chi connectivity index (χ1n) is 8.57. The second kappa shape index (κ2) is 5.58. The maximum absolute atomic E-state index is 6.19. The van der Waals surface area contributed by atoms with Crippen molar-refractivity contribution < 1.29 is 0 Å². The monoisotopic (exact) mass is 325 g/mol. The maximum Gasteiger partial charge on any atom is 0.167 e. The van der Waals surface area contributed by atoms with Crippen molar-refractivity contribution >= 4 is 17.0 Å². The number of anilines is 1. The van der Waals surface area contributed by atoms with Gasteiger partial charge in [0.1, 0.15) is 5.52 Å². The lowest BCUT2D eigenvalue weighted by atomic mass is 9.95. The van der Waals surface area contributed by atoms with Gasteiger partial charge in [0.15, 0.2) is 17.3 Å². The van der Waals surface area contributed by atoms with Gasteiger partial charge in [-0.25, -0.2) is 15.0 Å². The highest BCUT2D eigenvalue weighted by atomic mass is 15.3. The van der Waals surface area contributed by atoms with Crippen molar-refractivity contribution in [3.05, 3.63) is 17.7 Å². The Balaban J connectivity index is 1.89. The van der Waals surface area contributed by atoms with E-state index in [2.05, 4.69) is 19.6 Å². The summed E-state index contributed by atoms with van der Waals surface area (Å²) in [7, 11) is 1.93. The first-order valence-corrected chi connectivity index (χ1v) is 8.57. The number of nitrogens with two attached hydrogens (primary N) is 1. The lowest BCUT2D eigenvalue weighted by Gasteiger charge is -2.23. The van der Waals surface area contributed by atoms with Gasteiger partial charge in [-0.15, -0.1) is 0 Å². The Hall–Kier alpha value is -2.44. The van der Waals surface area contributed by atoms with Crippen molar-refractivity contribution in [2.45, 2.75) is 52.0 Å². The molecule has 0 unspecified atom stereocenters. The highest BCUT2D eigenvalue weighted by molar-refractivity contribution is 5.84. The number of rotatable bonds is 2. The van der Waals surface area contributed by atoms with Gasteiger partial charge in [-0.2, -0.15) is 5.10 Å². The number of nitrogens with zero attached hydrogens (tertiary/aromatic N) is 6. The van der Waals surface area contributed by atoms with Gasteiger partial charge >= 0.3 is 0 Å². The van der Waals surface area contributed by atoms with E-state index in [0.717, 1.165) is 22.6 Å². The van der Waals surface area contributed by atoms with Gasteiger partial charge in [0, 0.05) is 18.8 Å². The normalized spacial score (nSPS) is 16.1. The summed E-state index contributed by atoms with van der Waals surface area (Å²) in [6.07, 6.45) is 8.07. The molecule has 1 aliphatic carbocycles. The fraction of sp³-hybridized carbons (Fsp3) is 0.529. The summed E-state index contributed by atoms with van der Waals surface area (Å²) < 4.78 is 4.05. The fourth-order valence-corrected chi connectivity index (χ4v) is 3.77. The van der Waals surface area contributed by atoms with E-state index in [4.69, 9.17) is 10.7 Å². The van der Waals surface area contributed by atoms with Crippen LogP contribution in [-0.4, -0.2) is 29.3 Å². The molecule has 7 heteroatoms. The van der Waals surface area contributed by atoms with Crippen LogP contribution in [-0.2, 0) is 7.05 Å². The van der Waals surface area contributed by atoms with E-state index in [1.54, 1.807) is 0 Å². The summed E-state index contributed by atoms with van der Waals surface area (Å²) in [6.45, 7) is 4.00. The maximum atomic E-state index is 6.19. The van der Waals surface area contributed by atoms with Crippen LogP contribution in [0.4, 0.5) is 5.82 Å². The van der Waals surface area contributed by atoms with E-state index < -0.39 is 0 Å². The number of fused-ring (bicyclic) bond motifs is 1. The summed E-state index contributed by atoms with van der Waals surface area (Å²) >= 11 is 0. The third-order valence-electron chi connectivity index (χ3n) is 5.15. The van der Waals surface area contributed by atoms with Gasteiger partial charge < -0.3 is 10.3 Å². The van der Waals surface area contributed by atoms with Crippen LogP contribution in [0.15, 0.2) is 6.33 Å². The van der Waals surface area contributed by atoms with E-state index >= 15 is 0 Å². The largest absolute Gasteiger partial charge is 0.382 e. The lowest BCUT2D eigenvalue weighted by molar-refractivity contribution is 0.358. The van der Waals surface area contributed by atoms with E-state index in [1.807, 2.05) is 31.9 Å². The molecule has 0 aromatic carbocycles. The second-order valence-corrected chi connectivity index (χ2v) is 6.72. The molecule has 3 aromatic rings. The van der Waals surface area contributed by atoms with Crippen molar-refractivity contribution in [3.63, 3.8) is 0 Å². The van der Waals surface area contributed by atoms with Gasteiger partial charge in [0.25, 0.3) is 0 Å². The second-order valence-electron chi connectivity index (χ2n) is 6.72. The summed E-state index contributed by atoms with van der Waals surface area (Å²) in [6, 6.07) is 0.460. The molecular weight excluding hydrogens is 302 g/mol. The zero-order chi connectivity index (χ0) is 16.8. The van der Waals surface area contributed by atoms with Gasteiger partial charge in [0.2, 0.25) is 0 Å². The first-order chi connectivity index (χ1) is 11.6. The minimum atomic E-state index is 0.437. The number of hydrogen-bond acceptors (Lipinski definition) is 5. The number of aryl methyl sites for hydroxylation is 2. The van der Waals surface area contributed by atoms with Gasteiger partial charge in [-0.1, -0.05) is 19.3 Å². The summed E-state index contributed by atoms with van der Waals surface area (Å²) in [5.41, 5.74) is 10.6. The third kappa shape index (κ3) is 2.26. The van der Waals surface area contributed by atoms with Crippen LogP contribution in [0.25, 0.3) is 22.6 Å². The molecule has 1 fully saturated rings. The molecule has 0 bridgehead atoms. The van der Waals surface area contributed by atoms with Crippen molar-refractivity contribution in [1.82, 2.24) is 29.3 Å². The molecule has 3 aromatic heterocycles. The Morgan fingerprint density at radius 2 is 1.88 bits per heavy atom. The minimum absolute atomic E-state index is 0.437. The third-order valence-corrected chi connectivity index (χ3v) is 5.15. The topological polar surface area (TPSA) is 87.4 Å². The predicted octanol–water partition coefficient (Wildman–Crippen LogP) is 2.93. The van der Waals surface area contributed by atoms with Crippen molar-refractivity contribution in [2.24, 2.45) is 7.05 Å². The molecule has 2 N–H and O–H groups in total. The molecule has 0 radical (unpaired) electrons. The Morgan fingerprint density at radius 1 is 1.12 bits per heavy atom. The Labute approximate surface area is 140 Å².